The van der Waals surface area contributed by atoms with Crippen LogP contribution in [0.25, 0.3) is 0 Å². The number of hydrogen-bond donors (Lipinski definition) is 3. The van der Waals surface area contributed by atoms with Crippen LogP contribution < -0.4 is 5.73 Å². The first-order valence-corrected chi connectivity index (χ1v) is 6.87. The number of aryl methyl sites for hydroxylation is 1. The number of aromatic amines is 1. The molecule has 19 heavy (non-hydrogen) atoms. The average molecular weight is 266 g/mol. The Morgan fingerprint density at radius 2 is 2.16 bits per heavy atom. The number of nitrogens with two attached hydrogens (primary N) is 1. The number of aliphatic hydroxyl groups excluding tert-OH is 1. The Morgan fingerprint density at radius 3 is 2.68 bits per heavy atom. The molecule has 1 saturated carbocycles. The Labute approximate surface area is 113 Å². The van der Waals surface area contributed by atoms with Gasteiger partial charge < -0.3 is 15.7 Å². The van der Waals surface area contributed by atoms with E-state index in [0.29, 0.717) is 17.8 Å². The highest BCUT2D eigenvalue weighted by atomic mass is 16.3. The van der Waals surface area contributed by atoms with Crippen LogP contribution in [-0.2, 0) is 0 Å². The molecule has 0 bridgehead atoms. The first-order valence-electron chi connectivity index (χ1n) is 6.87. The van der Waals surface area contributed by atoms with Crippen molar-refractivity contribution in [1.29, 1.82) is 0 Å². The number of aromatic nitrogens is 2. The van der Waals surface area contributed by atoms with Crippen LogP contribution in [0.2, 0.25) is 0 Å². The third-order valence-corrected chi connectivity index (χ3v) is 3.81. The zero-order valence-corrected chi connectivity index (χ0v) is 11.4. The van der Waals surface area contributed by atoms with Gasteiger partial charge in [-0.15, -0.1) is 0 Å². The maximum absolute atomic E-state index is 12.6. The second-order valence-electron chi connectivity index (χ2n) is 5.12. The van der Waals surface area contributed by atoms with Gasteiger partial charge in [0, 0.05) is 18.3 Å². The molecule has 1 aliphatic carbocycles. The van der Waals surface area contributed by atoms with Gasteiger partial charge in [0.2, 0.25) is 0 Å². The van der Waals surface area contributed by atoms with Gasteiger partial charge >= 0.3 is 0 Å². The molecule has 2 rings (SSSR count). The molecule has 1 aromatic heterocycles. The number of hydrogen-bond acceptors (Lipinski definition) is 4. The summed E-state index contributed by atoms with van der Waals surface area (Å²) in [7, 11) is 0. The van der Waals surface area contributed by atoms with Gasteiger partial charge in [-0.05, 0) is 19.8 Å². The minimum atomic E-state index is -0.121. The lowest BCUT2D eigenvalue weighted by Crippen LogP contribution is -2.43. The maximum Gasteiger partial charge on any atom is 0.259 e. The Hall–Kier alpha value is -1.56. The minimum absolute atomic E-state index is 0.0287. The lowest BCUT2D eigenvalue weighted by molar-refractivity contribution is 0.0586. The van der Waals surface area contributed by atoms with E-state index in [1.54, 1.807) is 11.8 Å². The lowest BCUT2D eigenvalue weighted by atomic mass is 9.93. The van der Waals surface area contributed by atoms with E-state index >= 15 is 0 Å². The van der Waals surface area contributed by atoms with E-state index in [9.17, 15) is 9.90 Å². The van der Waals surface area contributed by atoms with Gasteiger partial charge in [0.1, 0.15) is 5.56 Å². The summed E-state index contributed by atoms with van der Waals surface area (Å²) in [5, 5.41) is 15.8. The van der Waals surface area contributed by atoms with Gasteiger partial charge in [0.15, 0.2) is 5.82 Å². The molecule has 1 fully saturated rings. The Balaban J connectivity index is 2.20. The SMILES string of the molecule is Cc1[nH]nc(N)c1C(=O)N(CCO)C1CCCCC1. The molecule has 0 saturated heterocycles. The van der Waals surface area contributed by atoms with Crippen molar-refractivity contribution in [2.75, 3.05) is 18.9 Å². The summed E-state index contributed by atoms with van der Waals surface area (Å²) in [4.78, 5) is 14.4. The van der Waals surface area contributed by atoms with Crippen molar-refractivity contribution in [2.45, 2.75) is 45.1 Å². The monoisotopic (exact) mass is 266 g/mol. The first kappa shape index (κ1) is 13.9. The molecular weight excluding hydrogens is 244 g/mol. The van der Waals surface area contributed by atoms with E-state index in [-0.39, 0.29) is 24.4 Å². The van der Waals surface area contributed by atoms with E-state index in [1.807, 2.05) is 0 Å². The molecular formula is C13H22N4O2. The van der Waals surface area contributed by atoms with E-state index in [4.69, 9.17) is 5.73 Å². The standard InChI is InChI=1S/C13H22N4O2/c1-9-11(12(14)16-15-9)13(19)17(7-8-18)10-5-3-2-4-6-10/h10,18H,2-8H2,1H3,(H3,14,15,16). The summed E-state index contributed by atoms with van der Waals surface area (Å²) in [6, 6.07) is 0.210. The number of aliphatic hydroxyl groups is 1. The lowest BCUT2D eigenvalue weighted by Gasteiger charge is -2.34. The average Bonchev–Trinajstić information content (AvgIpc) is 2.76. The summed E-state index contributed by atoms with van der Waals surface area (Å²) in [6.07, 6.45) is 5.51. The summed E-state index contributed by atoms with van der Waals surface area (Å²) in [6.45, 7) is 2.11. The van der Waals surface area contributed by atoms with Gasteiger partial charge in [0.25, 0.3) is 5.91 Å². The van der Waals surface area contributed by atoms with Crippen molar-refractivity contribution in [2.24, 2.45) is 0 Å². The second-order valence-corrected chi connectivity index (χ2v) is 5.12. The van der Waals surface area contributed by atoms with E-state index < -0.39 is 0 Å². The van der Waals surface area contributed by atoms with Gasteiger partial charge in [-0.25, -0.2) is 0 Å². The van der Waals surface area contributed by atoms with Crippen LogP contribution in [-0.4, -0.2) is 45.3 Å². The number of carbonyl (C=O) groups is 1. The molecule has 0 spiro atoms. The third-order valence-electron chi connectivity index (χ3n) is 3.81. The molecule has 4 N–H and O–H groups in total. The number of nitrogen functional groups attached to an aromatic ring is 1. The van der Waals surface area contributed by atoms with Gasteiger partial charge in [-0.1, -0.05) is 19.3 Å². The topological polar surface area (TPSA) is 95.2 Å². The fourth-order valence-corrected chi connectivity index (χ4v) is 2.81. The fraction of sp³-hybridized carbons (Fsp3) is 0.692. The zero-order valence-electron chi connectivity index (χ0n) is 11.4. The number of anilines is 1. The predicted octanol–water partition coefficient (Wildman–Crippen LogP) is 1.07. The van der Waals surface area contributed by atoms with Crippen molar-refractivity contribution < 1.29 is 9.90 Å². The second kappa shape index (κ2) is 6.06. The summed E-state index contributed by atoms with van der Waals surface area (Å²) < 4.78 is 0. The summed E-state index contributed by atoms with van der Waals surface area (Å²) >= 11 is 0. The van der Waals surface area contributed by atoms with Crippen molar-refractivity contribution >= 4 is 11.7 Å². The molecule has 106 valence electrons. The van der Waals surface area contributed by atoms with Crippen LogP contribution >= 0.6 is 0 Å². The normalized spacial score (nSPS) is 16.5. The molecule has 6 nitrogen and oxygen atoms in total. The maximum atomic E-state index is 12.6. The number of H-pyrrole nitrogens is 1. The predicted molar refractivity (Wildman–Crippen MR) is 72.7 cm³/mol. The molecule has 0 unspecified atom stereocenters. The molecule has 0 aromatic carbocycles. The van der Waals surface area contributed by atoms with E-state index in [1.165, 1.54) is 6.42 Å². The molecule has 1 aliphatic rings. The Bertz CT molecular complexity index is 418. The Kier molecular flexibility index (Phi) is 4.42. The molecule has 1 heterocycles. The number of carbonyl (C=O) groups excluding carboxylic acids is 1. The molecule has 0 radical (unpaired) electrons. The van der Waals surface area contributed by atoms with Crippen molar-refractivity contribution in [1.82, 2.24) is 15.1 Å². The quantitative estimate of drug-likeness (QED) is 0.759. The highest BCUT2D eigenvalue weighted by Crippen LogP contribution is 2.25. The summed E-state index contributed by atoms with van der Waals surface area (Å²) in [5.41, 5.74) is 6.88. The molecule has 1 amide bonds. The number of amides is 1. The third kappa shape index (κ3) is 2.89. The van der Waals surface area contributed by atoms with Gasteiger partial charge in [-0.3, -0.25) is 9.89 Å². The van der Waals surface area contributed by atoms with Crippen molar-refractivity contribution in [3.05, 3.63) is 11.3 Å². The van der Waals surface area contributed by atoms with Gasteiger partial charge in [0.05, 0.1) is 6.61 Å². The Morgan fingerprint density at radius 1 is 1.47 bits per heavy atom. The number of nitrogens with one attached hydrogen (secondary N) is 1. The fourth-order valence-electron chi connectivity index (χ4n) is 2.81. The van der Waals surface area contributed by atoms with Crippen LogP contribution in [0, 0.1) is 6.92 Å². The molecule has 6 heteroatoms. The van der Waals surface area contributed by atoms with Crippen LogP contribution in [0.3, 0.4) is 0 Å². The molecule has 0 aliphatic heterocycles. The van der Waals surface area contributed by atoms with E-state index in [2.05, 4.69) is 10.2 Å². The highest BCUT2D eigenvalue weighted by Gasteiger charge is 2.28. The number of rotatable bonds is 4. The first-order chi connectivity index (χ1) is 9.15. The smallest absolute Gasteiger partial charge is 0.259 e. The largest absolute Gasteiger partial charge is 0.395 e. The molecule has 1 aromatic rings. The van der Waals surface area contributed by atoms with Crippen LogP contribution in [0.1, 0.15) is 48.2 Å². The van der Waals surface area contributed by atoms with Crippen LogP contribution in [0.15, 0.2) is 0 Å². The summed E-state index contributed by atoms with van der Waals surface area (Å²) in [5.74, 6) is 0.117. The van der Waals surface area contributed by atoms with E-state index in [0.717, 1.165) is 25.7 Å². The van der Waals surface area contributed by atoms with Crippen molar-refractivity contribution in [3.8, 4) is 0 Å². The number of nitrogens with zero attached hydrogens (tertiary/aromatic N) is 2. The van der Waals surface area contributed by atoms with Crippen LogP contribution in [0.5, 0.6) is 0 Å². The minimum Gasteiger partial charge on any atom is -0.395 e. The molecule has 0 atom stereocenters. The van der Waals surface area contributed by atoms with Gasteiger partial charge in [-0.2, -0.15) is 5.10 Å². The van der Waals surface area contributed by atoms with Crippen molar-refractivity contribution in [3.63, 3.8) is 0 Å². The van der Waals surface area contributed by atoms with Crippen LogP contribution in [0.4, 0.5) is 5.82 Å². The zero-order chi connectivity index (χ0) is 13.8. The highest BCUT2D eigenvalue weighted by molar-refractivity contribution is 5.99.